The third kappa shape index (κ3) is 4.30. The van der Waals surface area contributed by atoms with Gasteiger partial charge in [-0.25, -0.2) is 15.0 Å². The van der Waals surface area contributed by atoms with Crippen molar-refractivity contribution in [2.24, 2.45) is 0 Å². The van der Waals surface area contributed by atoms with Crippen LogP contribution in [0.5, 0.6) is 0 Å². The van der Waals surface area contributed by atoms with Crippen molar-refractivity contribution in [1.29, 1.82) is 0 Å². The van der Waals surface area contributed by atoms with Crippen molar-refractivity contribution in [3.63, 3.8) is 0 Å². The van der Waals surface area contributed by atoms with Gasteiger partial charge in [0.1, 0.15) is 0 Å². The van der Waals surface area contributed by atoms with Gasteiger partial charge in [0.05, 0.1) is 0 Å². The molecule has 0 radical (unpaired) electrons. The summed E-state index contributed by atoms with van der Waals surface area (Å²) in [6, 6.07) is 53.3. The van der Waals surface area contributed by atoms with Crippen molar-refractivity contribution in [2.45, 2.75) is 0 Å². The van der Waals surface area contributed by atoms with E-state index in [4.69, 9.17) is 15.0 Å². The van der Waals surface area contributed by atoms with Crippen molar-refractivity contribution in [2.75, 3.05) is 0 Å². The minimum Gasteiger partial charge on any atom is -0.208 e. The second-order valence-corrected chi connectivity index (χ2v) is 12.3. The molecule has 0 atom stereocenters. The number of fused-ring (bicyclic) bond motifs is 5. The zero-order chi connectivity index (χ0) is 29.7. The second-order valence-electron chi connectivity index (χ2n) is 11.2. The third-order valence-electron chi connectivity index (χ3n) is 8.55. The molecule has 3 nitrogen and oxygen atoms in total. The fourth-order valence-electron chi connectivity index (χ4n) is 6.49. The van der Waals surface area contributed by atoms with Crippen molar-refractivity contribution in [3.05, 3.63) is 152 Å². The van der Waals surface area contributed by atoms with Crippen LogP contribution in [0.4, 0.5) is 0 Å². The van der Waals surface area contributed by atoms with Crippen LogP contribution in [-0.4, -0.2) is 15.0 Å². The quantitative estimate of drug-likeness (QED) is 0.204. The summed E-state index contributed by atoms with van der Waals surface area (Å²) >= 11 is 1.80. The van der Waals surface area contributed by atoms with Crippen molar-refractivity contribution in [3.8, 4) is 45.3 Å². The predicted molar refractivity (Wildman–Crippen MR) is 189 cm³/mol. The second kappa shape index (κ2) is 10.5. The summed E-state index contributed by atoms with van der Waals surface area (Å²) in [6.45, 7) is 0. The maximum Gasteiger partial charge on any atom is 0.164 e. The molecule has 0 saturated carbocycles. The van der Waals surface area contributed by atoms with Crippen LogP contribution in [0, 0.1) is 0 Å². The van der Waals surface area contributed by atoms with Crippen molar-refractivity contribution < 1.29 is 0 Å². The van der Waals surface area contributed by atoms with E-state index in [9.17, 15) is 0 Å². The highest BCUT2D eigenvalue weighted by molar-refractivity contribution is 7.25. The summed E-state index contributed by atoms with van der Waals surface area (Å²) in [4.78, 5) is 15.4. The van der Waals surface area contributed by atoms with Crippen LogP contribution < -0.4 is 0 Å². The molecule has 210 valence electrons. The number of rotatable bonds is 4. The minimum atomic E-state index is 0.661. The molecule has 0 N–H and O–H groups in total. The largest absolute Gasteiger partial charge is 0.208 e. The Balaban J connectivity index is 1.31. The molecule has 4 heteroatoms. The highest BCUT2D eigenvalue weighted by Gasteiger charge is 2.18. The van der Waals surface area contributed by atoms with E-state index in [0.29, 0.717) is 17.5 Å². The van der Waals surface area contributed by atoms with Crippen LogP contribution in [0.3, 0.4) is 0 Å². The molecule has 0 aliphatic heterocycles. The first-order valence-electron chi connectivity index (χ1n) is 15.0. The SMILES string of the molecule is c1ccc(-c2nc(-c3cccc4c(-c5cccc6ccccc56)cccc34)nc(-c3cccc4sc5ccccc5c34)n2)cc1. The van der Waals surface area contributed by atoms with E-state index in [1.807, 2.05) is 18.2 Å². The lowest BCUT2D eigenvalue weighted by molar-refractivity contribution is 1.08. The average Bonchev–Trinajstić information content (AvgIpc) is 3.50. The van der Waals surface area contributed by atoms with Crippen LogP contribution in [0.2, 0.25) is 0 Å². The molecule has 9 aromatic rings. The minimum absolute atomic E-state index is 0.661. The van der Waals surface area contributed by atoms with Gasteiger partial charge in [-0.15, -0.1) is 11.3 Å². The van der Waals surface area contributed by atoms with Gasteiger partial charge < -0.3 is 0 Å². The maximum atomic E-state index is 5.22. The summed E-state index contributed by atoms with van der Waals surface area (Å²) < 4.78 is 2.48. The maximum absolute atomic E-state index is 5.22. The molecule has 2 aromatic heterocycles. The van der Waals surface area contributed by atoms with Gasteiger partial charge in [0.15, 0.2) is 17.5 Å². The normalized spacial score (nSPS) is 11.6. The number of nitrogens with zero attached hydrogens (tertiary/aromatic N) is 3. The fourth-order valence-corrected chi connectivity index (χ4v) is 7.63. The Bertz CT molecular complexity index is 2540. The number of thiophene rings is 1. The predicted octanol–water partition coefficient (Wildman–Crippen LogP) is 11.2. The van der Waals surface area contributed by atoms with Gasteiger partial charge in [-0.2, -0.15) is 0 Å². The van der Waals surface area contributed by atoms with Gasteiger partial charge in [0, 0.05) is 36.9 Å². The summed E-state index contributed by atoms with van der Waals surface area (Å²) in [6.07, 6.45) is 0. The summed E-state index contributed by atoms with van der Waals surface area (Å²) in [5, 5.41) is 7.15. The molecule has 45 heavy (non-hydrogen) atoms. The molecule has 0 saturated heterocycles. The van der Waals surface area contributed by atoms with E-state index in [1.54, 1.807) is 11.3 Å². The first-order chi connectivity index (χ1) is 22.3. The van der Waals surface area contributed by atoms with E-state index in [2.05, 4.69) is 133 Å². The zero-order valence-electron chi connectivity index (χ0n) is 24.2. The summed E-state index contributed by atoms with van der Waals surface area (Å²) in [5.41, 5.74) is 5.37. The fraction of sp³-hybridized carbons (Fsp3) is 0. The van der Waals surface area contributed by atoms with E-state index in [0.717, 1.165) is 22.1 Å². The standard InChI is InChI=1S/C41H25N3S/c1-2-13-27(14-3-1)39-42-40(44-41(43-39)35-23-11-25-37-38(35)34-17-6-7-24-36(34)45-37)33-22-10-20-31-30(19-9-21-32(31)33)29-18-8-15-26-12-4-5-16-28(26)29/h1-25H. The molecular formula is C41H25N3S. The molecule has 0 spiro atoms. The van der Waals surface area contributed by atoms with Gasteiger partial charge in [-0.1, -0.05) is 140 Å². The summed E-state index contributed by atoms with van der Waals surface area (Å²) in [5.74, 6) is 2.00. The van der Waals surface area contributed by atoms with Gasteiger partial charge in [-0.05, 0) is 44.8 Å². The molecule has 0 unspecified atom stereocenters. The van der Waals surface area contributed by atoms with E-state index >= 15 is 0 Å². The van der Waals surface area contributed by atoms with Gasteiger partial charge >= 0.3 is 0 Å². The topological polar surface area (TPSA) is 38.7 Å². The first-order valence-corrected chi connectivity index (χ1v) is 15.9. The van der Waals surface area contributed by atoms with Gasteiger partial charge in [0.2, 0.25) is 0 Å². The molecule has 7 aromatic carbocycles. The number of aromatic nitrogens is 3. The smallest absolute Gasteiger partial charge is 0.164 e. The Morgan fingerprint density at radius 3 is 1.69 bits per heavy atom. The molecule has 0 amide bonds. The lowest BCUT2D eigenvalue weighted by Crippen LogP contribution is -2.01. The van der Waals surface area contributed by atoms with Crippen LogP contribution >= 0.6 is 11.3 Å². The molecule has 0 aliphatic rings. The molecular weight excluding hydrogens is 567 g/mol. The lowest BCUT2D eigenvalue weighted by Gasteiger charge is -2.14. The highest BCUT2D eigenvalue weighted by Crippen LogP contribution is 2.41. The molecule has 0 aliphatic carbocycles. The Hall–Kier alpha value is -5.71. The molecule has 0 bridgehead atoms. The Morgan fingerprint density at radius 2 is 0.844 bits per heavy atom. The van der Waals surface area contributed by atoms with Crippen LogP contribution in [0.15, 0.2) is 152 Å². The van der Waals surface area contributed by atoms with Crippen LogP contribution in [0.25, 0.3) is 87.0 Å². The van der Waals surface area contributed by atoms with Crippen LogP contribution in [0.1, 0.15) is 0 Å². The molecule has 2 heterocycles. The molecule has 9 rings (SSSR count). The monoisotopic (exact) mass is 591 g/mol. The van der Waals surface area contributed by atoms with E-state index in [1.165, 1.54) is 47.5 Å². The number of hydrogen-bond donors (Lipinski definition) is 0. The Morgan fingerprint density at radius 1 is 0.333 bits per heavy atom. The zero-order valence-corrected chi connectivity index (χ0v) is 25.0. The van der Waals surface area contributed by atoms with Gasteiger partial charge in [-0.3, -0.25) is 0 Å². The number of benzene rings is 7. The highest BCUT2D eigenvalue weighted by atomic mass is 32.1. The molecule has 0 fully saturated rings. The van der Waals surface area contributed by atoms with Crippen molar-refractivity contribution >= 4 is 53.1 Å². The van der Waals surface area contributed by atoms with Crippen LogP contribution in [-0.2, 0) is 0 Å². The van der Waals surface area contributed by atoms with Gasteiger partial charge in [0.25, 0.3) is 0 Å². The van der Waals surface area contributed by atoms with E-state index < -0.39 is 0 Å². The summed E-state index contributed by atoms with van der Waals surface area (Å²) in [7, 11) is 0. The Kier molecular flexibility index (Phi) is 6.00. The van der Waals surface area contributed by atoms with Crippen molar-refractivity contribution in [1.82, 2.24) is 15.0 Å². The number of hydrogen-bond acceptors (Lipinski definition) is 4. The lowest BCUT2D eigenvalue weighted by atomic mass is 9.92. The first kappa shape index (κ1) is 25.8. The Labute approximate surface area is 264 Å². The van der Waals surface area contributed by atoms with E-state index in [-0.39, 0.29) is 0 Å². The average molecular weight is 592 g/mol. The third-order valence-corrected chi connectivity index (χ3v) is 9.69.